The average molecular weight is 306 g/mol. The van der Waals surface area contributed by atoms with E-state index >= 15 is 0 Å². The van der Waals surface area contributed by atoms with E-state index in [-0.39, 0.29) is 6.01 Å². The summed E-state index contributed by atoms with van der Waals surface area (Å²) in [5.41, 5.74) is 1.50. The number of fused-ring (bicyclic) bond motifs is 1. The maximum atomic E-state index is 6.13. The van der Waals surface area contributed by atoms with Crippen molar-refractivity contribution in [1.29, 1.82) is 0 Å². The van der Waals surface area contributed by atoms with Crippen molar-refractivity contribution < 1.29 is 4.74 Å². The molecule has 1 aromatic carbocycles. The molecule has 0 radical (unpaired) electrons. The van der Waals surface area contributed by atoms with Gasteiger partial charge < -0.3 is 4.74 Å². The number of hydrogen-bond acceptors (Lipinski definition) is 4. The fourth-order valence-electron chi connectivity index (χ4n) is 1.76. The Hall–Kier alpha value is -1.91. The molecule has 0 saturated heterocycles. The van der Waals surface area contributed by atoms with E-state index in [2.05, 4.69) is 15.0 Å². The minimum absolute atomic E-state index is 0.244. The van der Waals surface area contributed by atoms with Crippen LogP contribution in [0.1, 0.15) is 5.56 Å². The SMILES string of the molecule is ClCc1cnc(Oc2ccc(Cl)c3cccnc23)nc1. The van der Waals surface area contributed by atoms with Crippen molar-refractivity contribution >= 4 is 34.1 Å². The Morgan fingerprint density at radius 3 is 2.60 bits per heavy atom. The zero-order valence-corrected chi connectivity index (χ0v) is 11.8. The van der Waals surface area contributed by atoms with Gasteiger partial charge in [-0.1, -0.05) is 11.6 Å². The van der Waals surface area contributed by atoms with Crippen molar-refractivity contribution in [2.45, 2.75) is 5.88 Å². The summed E-state index contributed by atoms with van der Waals surface area (Å²) < 4.78 is 5.66. The molecule has 0 N–H and O–H groups in total. The lowest BCUT2D eigenvalue weighted by molar-refractivity contribution is 0.445. The molecule has 0 amide bonds. The molecule has 2 aromatic heterocycles. The molecule has 0 unspecified atom stereocenters. The van der Waals surface area contributed by atoms with Gasteiger partial charge in [0, 0.05) is 29.5 Å². The van der Waals surface area contributed by atoms with E-state index in [0.717, 1.165) is 10.9 Å². The van der Waals surface area contributed by atoms with Crippen molar-refractivity contribution in [2.75, 3.05) is 0 Å². The second kappa shape index (κ2) is 5.61. The number of halogens is 2. The first-order valence-corrected chi connectivity index (χ1v) is 6.77. The smallest absolute Gasteiger partial charge is 0.321 e. The van der Waals surface area contributed by atoms with Gasteiger partial charge >= 0.3 is 6.01 Å². The van der Waals surface area contributed by atoms with Crippen LogP contribution in [-0.4, -0.2) is 15.0 Å². The van der Waals surface area contributed by atoms with E-state index in [0.29, 0.717) is 22.2 Å². The number of hydrogen-bond donors (Lipinski definition) is 0. The van der Waals surface area contributed by atoms with Gasteiger partial charge in [-0.15, -0.1) is 11.6 Å². The highest BCUT2D eigenvalue weighted by molar-refractivity contribution is 6.35. The number of ether oxygens (including phenoxy) is 1. The molecular formula is C14H9Cl2N3O. The zero-order valence-electron chi connectivity index (χ0n) is 10.3. The number of nitrogens with zero attached hydrogens (tertiary/aromatic N) is 3. The van der Waals surface area contributed by atoms with Gasteiger partial charge in [0.25, 0.3) is 0 Å². The van der Waals surface area contributed by atoms with Gasteiger partial charge in [-0.3, -0.25) is 4.98 Å². The van der Waals surface area contributed by atoms with Gasteiger partial charge in [-0.2, -0.15) is 0 Å². The van der Waals surface area contributed by atoms with E-state index < -0.39 is 0 Å². The summed E-state index contributed by atoms with van der Waals surface area (Å²) >= 11 is 11.8. The summed E-state index contributed by atoms with van der Waals surface area (Å²) in [5.74, 6) is 0.926. The van der Waals surface area contributed by atoms with Gasteiger partial charge in [0.2, 0.25) is 0 Å². The van der Waals surface area contributed by atoms with Crippen LogP contribution in [0.5, 0.6) is 11.8 Å². The lowest BCUT2D eigenvalue weighted by Gasteiger charge is -2.07. The fourth-order valence-corrected chi connectivity index (χ4v) is 2.11. The van der Waals surface area contributed by atoms with Crippen LogP contribution in [0.25, 0.3) is 10.9 Å². The van der Waals surface area contributed by atoms with Gasteiger partial charge in [-0.25, -0.2) is 9.97 Å². The predicted molar refractivity (Wildman–Crippen MR) is 78.4 cm³/mol. The first-order chi connectivity index (χ1) is 9.78. The molecule has 4 nitrogen and oxygen atoms in total. The number of aromatic nitrogens is 3. The largest absolute Gasteiger partial charge is 0.422 e. The van der Waals surface area contributed by atoms with Crippen LogP contribution in [0.4, 0.5) is 0 Å². The lowest BCUT2D eigenvalue weighted by atomic mass is 10.2. The third-order valence-corrected chi connectivity index (χ3v) is 3.35. The highest BCUT2D eigenvalue weighted by Crippen LogP contribution is 2.31. The quantitative estimate of drug-likeness (QED) is 0.680. The van der Waals surface area contributed by atoms with Crippen LogP contribution < -0.4 is 4.74 Å². The standard InChI is InChI=1S/C14H9Cl2N3O/c15-6-9-7-18-14(19-8-9)20-12-4-3-11(16)10-2-1-5-17-13(10)12/h1-5,7-8H,6H2. The Bertz CT molecular complexity index is 747. The van der Waals surface area contributed by atoms with E-state index in [1.165, 1.54) is 0 Å². The van der Waals surface area contributed by atoms with Gasteiger partial charge in [-0.05, 0) is 24.3 Å². The molecule has 2 heterocycles. The molecule has 100 valence electrons. The van der Waals surface area contributed by atoms with Crippen LogP contribution in [0.2, 0.25) is 5.02 Å². The molecule has 6 heteroatoms. The summed E-state index contributed by atoms with van der Waals surface area (Å²) in [6, 6.07) is 7.46. The van der Waals surface area contributed by atoms with E-state index in [9.17, 15) is 0 Å². The van der Waals surface area contributed by atoms with Crippen LogP contribution in [0.3, 0.4) is 0 Å². The van der Waals surface area contributed by atoms with Crippen molar-refractivity contribution in [3.63, 3.8) is 0 Å². The Morgan fingerprint density at radius 1 is 1.05 bits per heavy atom. The Kier molecular flexibility index (Phi) is 3.67. The molecule has 20 heavy (non-hydrogen) atoms. The first-order valence-electron chi connectivity index (χ1n) is 5.86. The predicted octanol–water partition coefficient (Wildman–Crippen LogP) is 4.21. The third kappa shape index (κ3) is 2.53. The van der Waals surface area contributed by atoms with Crippen LogP contribution in [-0.2, 0) is 5.88 Å². The summed E-state index contributed by atoms with van der Waals surface area (Å²) in [7, 11) is 0. The fraction of sp³-hybridized carbons (Fsp3) is 0.0714. The first kappa shape index (κ1) is 13.1. The third-order valence-electron chi connectivity index (χ3n) is 2.72. The number of pyridine rings is 1. The molecule has 0 bridgehead atoms. The Labute approximate surface area is 125 Å². The van der Waals surface area contributed by atoms with E-state index in [4.69, 9.17) is 27.9 Å². The topological polar surface area (TPSA) is 47.9 Å². The molecule has 0 atom stereocenters. The number of rotatable bonds is 3. The van der Waals surface area contributed by atoms with E-state index in [1.54, 1.807) is 30.7 Å². The van der Waals surface area contributed by atoms with Crippen molar-refractivity contribution in [1.82, 2.24) is 15.0 Å². The summed E-state index contributed by atoms with van der Waals surface area (Å²) in [5, 5.41) is 1.45. The average Bonchev–Trinajstić information content (AvgIpc) is 2.51. The number of alkyl halides is 1. The Balaban J connectivity index is 2.00. The maximum Gasteiger partial charge on any atom is 0.321 e. The molecular weight excluding hydrogens is 297 g/mol. The molecule has 0 aliphatic carbocycles. The molecule has 3 aromatic rings. The summed E-state index contributed by atoms with van der Waals surface area (Å²) in [6.45, 7) is 0. The monoisotopic (exact) mass is 305 g/mol. The van der Waals surface area contributed by atoms with Crippen molar-refractivity contribution in [3.05, 3.63) is 53.4 Å². The minimum Gasteiger partial charge on any atom is -0.422 e. The Morgan fingerprint density at radius 2 is 1.85 bits per heavy atom. The highest BCUT2D eigenvalue weighted by atomic mass is 35.5. The molecule has 0 aliphatic heterocycles. The minimum atomic E-state index is 0.244. The second-order valence-corrected chi connectivity index (χ2v) is 4.73. The van der Waals surface area contributed by atoms with Crippen LogP contribution in [0.15, 0.2) is 42.9 Å². The van der Waals surface area contributed by atoms with Gasteiger partial charge in [0.15, 0.2) is 5.75 Å². The van der Waals surface area contributed by atoms with Gasteiger partial charge in [0.05, 0.1) is 10.9 Å². The number of benzene rings is 1. The molecule has 0 fully saturated rings. The summed E-state index contributed by atoms with van der Waals surface area (Å²) in [4.78, 5) is 12.5. The van der Waals surface area contributed by atoms with Crippen molar-refractivity contribution in [2.24, 2.45) is 0 Å². The zero-order chi connectivity index (χ0) is 13.9. The van der Waals surface area contributed by atoms with Crippen LogP contribution >= 0.6 is 23.2 Å². The second-order valence-electron chi connectivity index (χ2n) is 4.05. The molecule has 0 aliphatic rings. The molecule has 0 spiro atoms. The highest BCUT2D eigenvalue weighted by Gasteiger charge is 2.09. The van der Waals surface area contributed by atoms with Crippen LogP contribution in [0, 0.1) is 0 Å². The van der Waals surface area contributed by atoms with E-state index in [1.807, 2.05) is 12.1 Å². The van der Waals surface area contributed by atoms with Crippen molar-refractivity contribution in [3.8, 4) is 11.8 Å². The van der Waals surface area contributed by atoms with Gasteiger partial charge in [0.1, 0.15) is 5.52 Å². The summed E-state index contributed by atoms with van der Waals surface area (Å²) in [6.07, 6.45) is 4.94. The lowest BCUT2D eigenvalue weighted by Crippen LogP contribution is -1.94. The normalized spacial score (nSPS) is 10.7. The maximum absolute atomic E-state index is 6.13. The molecule has 0 saturated carbocycles. The molecule has 3 rings (SSSR count).